The maximum Gasteiger partial charge on any atom is 0.261 e. The second kappa shape index (κ2) is 9.97. The molecule has 1 aliphatic carbocycles. The summed E-state index contributed by atoms with van der Waals surface area (Å²) in [6.07, 6.45) is 11.5. The molecule has 3 aromatic carbocycles. The lowest BCUT2D eigenvalue weighted by Crippen LogP contribution is -2.32. The number of nitrogens with zero attached hydrogens (tertiary/aromatic N) is 3. The Hall–Kier alpha value is -4.09. The van der Waals surface area contributed by atoms with Crippen LogP contribution in [0, 0.1) is 0 Å². The van der Waals surface area contributed by atoms with Crippen molar-refractivity contribution >= 4 is 39.9 Å². The second-order valence-corrected chi connectivity index (χ2v) is 13.8. The molecule has 4 nitrogen and oxygen atoms in total. The van der Waals surface area contributed by atoms with Crippen molar-refractivity contribution in [3.05, 3.63) is 129 Å². The summed E-state index contributed by atoms with van der Waals surface area (Å²) in [4.78, 5) is 8.92. The topological polar surface area (TPSA) is 32.3 Å². The van der Waals surface area contributed by atoms with E-state index in [0.29, 0.717) is 5.22 Å². The van der Waals surface area contributed by atoms with Gasteiger partial charge in [0.25, 0.3) is 5.22 Å². The van der Waals surface area contributed by atoms with Crippen LogP contribution in [0.25, 0.3) is 11.1 Å². The lowest BCUT2D eigenvalue weighted by Gasteiger charge is -2.26. The van der Waals surface area contributed by atoms with Gasteiger partial charge in [-0.3, -0.25) is 0 Å². The van der Waals surface area contributed by atoms with Gasteiger partial charge in [-0.05, 0) is 80.3 Å². The Kier molecular flexibility index (Phi) is 6.22. The highest BCUT2D eigenvalue weighted by Gasteiger charge is 2.50. The summed E-state index contributed by atoms with van der Waals surface area (Å²) in [7, 11) is 0. The molecule has 8 rings (SSSR count). The van der Waals surface area contributed by atoms with Gasteiger partial charge in [0, 0.05) is 51.5 Å². The van der Waals surface area contributed by atoms with Crippen LogP contribution in [-0.4, -0.2) is 28.4 Å². The number of thioether (sulfide) groups is 1. The van der Waals surface area contributed by atoms with Crippen molar-refractivity contribution in [1.82, 2.24) is 4.98 Å². The maximum absolute atomic E-state index is 6.48. The number of oxazole rings is 1. The Morgan fingerprint density at radius 3 is 2.48 bits per heavy atom. The summed E-state index contributed by atoms with van der Waals surface area (Å²) in [6, 6.07) is 24.1. The van der Waals surface area contributed by atoms with E-state index in [2.05, 4.69) is 135 Å². The van der Waals surface area contributed by atoms with Crippen molar-refractivity contribution in [3.63, 3.8) is 0 Å². The fourth-order valence-electron chi connectivity index (χ4n) is 8.00. The Labute approximate surface area is 264 Å². The number of hydrogen-bond acceptors (Lipinski definition) is 4. The number of benzene rings is 3. The molecule has 220 valence electrons. The number of allylic oxidation sites excluding steroid dienone is 7. The predicted octanol–water partition coefficient (Wildman–Crippen LogP) is 9.59. The maximum atomic E-state index is 6.48. The average Bonchev–Trinajstić information content (AvgIpc) is 3.74. The largest absolute Gasteiger partial charge is 0.431 e. The fourth-order valence-corrected chi connectivity index (χ4v) is 9.05. The van der Waals surface area contributed by atoms with Crippen LogP contribution < -0.4 is 4.90 Å². The Balaban J connectivity index is 1.30. The number of hydrogen-bond donors (Lipinski definition) is 0. The normalized spacial score (nSPS) is 24.2. The molecule has 4 heterocycles. The molecule has 44 heavy (non-hydrogen) atoms. The van der Waals surface area contributed by atoms with Gasteiger partial charge in [0.1, 0.15) is 17.5 Å². The van der Waals surface area contributed by atoms with Crippen LogP contribution in [0.3, 0.4) is 0 Å². The van der Waals surface area contributed by atoms with E-state index in [-0.39, 0.29) is 10.8 Å². The summed E-state index contributed by atoms with van der Waals surface area (Å²) >= 11 is 1.68. The van der Waals surface area contributed by atoms with E-state index in [0.717, 1.165) is 37.0 Å². The number of likely N-dealkylation sites (N-methyl/N-ethyl adjacent to an activating group) is 1. The molecule has 0 fully saturated rings. The summed E-state index contributed by atoms with van der Waals surface area (Å²) in [5, 5.41) is 0.711. The zero-order chi connectivity index (χ0) is 30.2. The molecule has 0 N–H and O–H groups in total. The van der Waals surface area contributed by atoms with Crippen molar-refractivity contribution in [2.75, 3.05) is 18.0 Å². The highest BCUT2D eigenvalue weighted by atomic mass is 32.2. The van der Waals surface area contributed by atoms with Crippen molar-refractivity contribution in [1.29, 1.82) is 0 Å². The van der Waals surface area contributed by atoms with Crippen LogP contribution in [0.4, 0.5) is 11.4 Å². The lowest BCUT2D eigenvalue weighted by molar-refractivity contribution is -0.432. The lowest BCUT2D eigenvalue weighted by atomic mass is 9.73. The molecule has 4 aromatic rings. The molecule has 4 aliphatic rings. The highest BCUT2D eigenvalue weighted by molar-refractivity contribution is 8.03. The van der Waals surface area contributed by atoms with Gasteiger partial charge in [-0.2, -0.15) is 4.58 Å². The summed E-state index contributed by atoms with van der Waals surface area (Å²) in [5.41, 5.74) is 13.2. The number of rotatable bonds is 3. The zero-order valence-electron chi connectivity index (χ0n) is 26.1. The van der Waals surface area contributed by atoms with Crippen molar-refractivity contribution < 1.29 is 8.99 Å². The molecular weight excluding hydrogens is 559 g/mol. The van der Waals surface area contributed by atoms with Gasteiger partial charge in [0.05, 0.1) is 0 Å². The molecule has 5 heteroatoms. The summed E-state index contributed by atoms with van der Waals surface area (Å²) in [6.45, 7) is 13.4. The van der Waals surface area contributed by atoms with Crippen LogP contribution in [0.1, 0.15) is 64.2 Å². The molecule has 0 radical (unpaired) electrons. The van der Waals surface area contributed by atoms with Crippen LogP contribution in [0.2, 0.25) is 0 Å². The zero-order valence-corrected chi connectivity index (χ0v) is 27.0. The third-order valence-electron chi connectivity index (χ3n) is 10.2. The Morgan fingerprint density at radius 1 is 0.886 bits per heavy atom. The number of aromatic nitrogens is 1. The number of fused-ring (bicyclic) bond motifs is 6. The first-order valence-electron chi connectivity index (χ1n) is 15.9. The van der Waals surface area contributed by atoms with Crippen LogP contribution >= 0.6 is 11.8 Å². The smallest absolute Gasteiger partial charge is 0.261 e. The first kappa shape index (κ1) is 27.5. The summed E-state index contributed by atoms with van der Waals surface area (Å²) in [5.74, 6) is 0. The SMILES string of the molecule is CCN1/C(=C/C=C2\CCC3=C2Sc2nc4c(cccc4o2)C2(C)C(=[N+](CC)c4ccccc42)/C=C/3)C(C)(C)c2ccccc21. The first-order valence-corrected chi connectivity index (χ1v) is 16.7. The van der Waals surface area contributed by atoms with E-state index in [9.17, 15) is 0 Å². The van der Waals surface area contributed by atoms with Crippen LogP contribution in [0.15, 0.2) is 122 Å². The van der Waals surface area contributed by atoms with E-state index in [4.69, 9.17) is 9.40 Å². The molecule has 1 unspecified atom stereocenters. The van der Waals surface area contributed by atoms with Crippen molar-refractivity contribution in [3.8, 4) is 0 Å². The minimum absolute atomic E-state index is 0.0559. The standard InChI is InChI=1S/C39H38N3OS/c1-6-41-30-16-10-8-13-27(30)38(3,4)33(41)23-21-25-19-20-26-22-24-34-39(5,28-14-9-11-17-31(28)42(34)7-2)29-15-12-18-32-35(29)40-37(43-32)44-36(25)26/h8-18,21-24H,6-7,19-20H2,1-5H3/q+1. The molecule has 0 spiro atoms. The van der Waals surface area contributed by atoms with Gasteiger partial charge in [-0.25, -0.2) is 4.98 Å². The molecule has 0 amide bonds. The Morgan fingerprint density at radius 2 is 1.66 bits per heavy atom. The van der Waals surface area contributed by atoms with Gasteiger partial charge in [0.2, 0.25) is 5.69 Å². The van der Waals surface area contributed by atoms with E-state index in [1.165, 1.54) is 55.5 Å². The predicted molar refractivity (Wildman–Crippen MR) is 182 cm³/mol. The molecule has 0 saturated carbocycles. The van der Waals surface area contributed by atoms with Gasteiger partial charge >= 0.3 is 0 Å². The third kappa shape index (κ3) is 3.78. The first-order chi connectivity index (χ1) is 21.4. The molecular formula is C39H38N3OS+. The fraction of sp³-hybridized carbons (Fsp3) is 0.282. The van der Waals surface area contributed by atoms with Crippen LogP contribution in [-0.2, 0) is 10.8 Å². The monoisotopic (exact) mass is 596 g/mol. The van der Waals surface area contributed by atoms with E-state index >= 15 is 0 Å². The molecule has 1 atom stereocenters. The van der Waals surface area contributed by atoms with E-state index < -0.39 is 0 Å². The van der Waals surface area contributed by atoms with E-state index in [1.807, 2.05) is 0 Å². The number of para-hydroxylation sites is 3. The molecule has 1 aromatic heterocycles. The quantitative estimate of drug-likeness (QED) is 0.221. The second-order valence-electron chi connectivity index (χ2n) is 12.8. The molecule has 0 saturated heterocycles. The molecule has 2 bridgehead atoms. The Bertz CT molecular complexity index is 2020. The van der Waals surface area contributed by atoms with Crippen molar-refractivity contribution in [2.24, 2.45) is 0 Å². The highest BCUT2D eigenvalue weighted by Crippen LogP contribution is 2.51. The van der Waals surface area contributed by atoms with Gasteiger partial charge in [-0.15, -0.1) is 0 Å². The van der Waals surface area contributed by atoms with Gasteiger partial charge < -0.3 is 9.32 Å². The number of anilines is 1. The minimum Gasteiger partial charge on any atom is -0.431 e. The van der Waals surface area contributed by atoms with Gasteiger partial charge in [-0.1, -0.05) is 74.5 Å². The molecule has 3 aliphatic heterocycles. The minimum atomic E-state index is -0.346. The van der Waals surface area contributed by atoms with Crippen molar-refractivity contribution in [2.45, 2.75) is 63.5 Å². The third-order valence-corrected chi connectivity index (χ3v) is 11.3. The average molecular weight is 597 g/mol. The van der Waals surface area contributed by atoms with E-state index in [1.54, 1.807) is 11.8 Å². The van der Waals surface area contributed by atoms with Crippen LogP contribution in [0.5, 0.6) is 0 Å². The summed E-state index contributed by atoms with van der Waals surface area (Å²) < 4.78 is 8.96. The van der Waals surface area contributed by atoms with Gasteiger partial charge in [0.15, 0.2) is 11.3 Å².